The van der Waals surface area contributed by atoms with Crippen molar-refractivity contribution in [1.82, 2.24) is 20.2 Å². The van der Waals surface area contributed by atoms with Gasteiger partial charge in [0.2, 0.25) is 11.8 Å². The number of hydrogen-bond acceptors (Lipinski definition) is 4. The molecule has 0 radical (unpaired) electrons. The molecule has 6 nitrogen and oxygen atoms in total. The molecule has 1 saturated heterocycles. The molecule has 1 aromatic carbocycles. The molecular formula is C17H19ClN4O2S. The number of carbonyl (C=O) groups is 2. The molecule has 0 bridgehead atoms. The molecule has 1 atom stereocenters. The fourth-order valence-corrected chi connectivity index (χ4v) is 3.63. The monoisotopic (exact) mass is 378 g/mol. The van der Waals surface area contributed by atoms with Gasteiger partial charge in [0.05, 0.1) is 5.75 Å². The highest BCUT2D eigenvalue weighted by atomic mass is 35.5. The molecule has 0 spiro atoms. The maximum Gasteiger partial charge on any atom is 0.242 e. The van der Waals surface area contributed by atoms with Gasteiger partial charge in [0.15, 0.2) is 5.16 Å². The quantitative estimate of drug-likeness (QED) is 0.783. The average molecular weight is 379 g/mol. The number of aromatic nitrogens is 2. The molecule has 25 heavy (non-hydrogen) atoms. The Kier molecular flexibility index (Phi) is 5.99. The van der Waals surface area contributed by atoms with Crippen molar-refractivity contribution >= 4 is 35.2 Å². The predicted molar refractivity (Wildman–Crippen MR) is 98.1 cm³/mol. The van der Waals surface area contributed by atoms with Crippen LogP contribution in [0.25, 0.3) is 5.69 Å². The summed E-state index contributed by atoms with van der Waals surface area (Å²) in [5, 5.41) is 6.96. The summed E-state index contributed by atoms with van der Waals surface area (Å²) >= 11 is 7.36. The molecule has 0 aliphatic carbocycles. The highest BCUT2D eigenvalue weighted by Gasteiger charge is 2.22. The number of hydrogen-bond donors (Lipinski definition) is 2. The van der Waals surface area contributed by atoms with E-state index >= 15 is 0 Å². The summed E-state index contributed by atoms with van der Waals surface area (Å²) in [5.41, 5.74) is 0.885. The second-order valence-corrected chi connectivity index (χ2v) is 7.13. The van der Waals surface area contributed by atoms with Gasteiger partial charge >= 0.3 is 0 Å². The minimum atomic E-state index is -0.441. The lowest BCUT2D eigenvalue weighted by Gasteiger charge is -2.15. The number of benzene rings is 1. The normalized spacial score (nSPS) is 17.6. The molecule has 2 aromatic rings. The fraction of sp³-hybridized carbons (Fsp3) is 0.353. The van der Waals surface area contributed by atoms with Crippen LogP contribution in [-0.2, 0) is 9.59 Å². The number of thioether (sulfide) groups is 1. The Hall–Kier alpha value is -1.99. The molecule has 2 heterocycles. The van der Waals surface area contributed by atoms with Gasteiger partial charge < -0.3 is 10.6 Å². The van der Waals surface area contributed by atoms with Gasteiger partial charge in [-0.15, -0.1) is 0 Å². The average Bonchev–Trinajstić information content (AvgIpc) is 2.98. The molecule has 0 saturated carbocycles. The minimum Gasteiger partial charge on any atom is -0.354 e. The van der Waals surface area contributed by atoms with E-state index in [-0.39, 0.29) is 17.6 Å². The van der Waals surface area contributed by atoms with Crippen LogP contribution in [0.5, 0.6) is 0 Å². The van der Waals surface area contributed by atoms with E-state index < -0.39 is 6.04 Å². The van der Waals surface area contributed by atoms with Crippen molar-refractivity contribution in [2.75, 3.05) is 12.3 Å². The molecule has 1 aliphatic rings. The topological polar surface area (TPSA) is 76.0 Å². The van der Waals surface area contributed by atoms with Crippen LogP contribution < -0.4 is 10.6 Å². The molecule has 1 aromatic heterocycles. The van der Waals surface area contributed by atoms with Gasteiger partial charge in [-0.2, -0.15) is 0 Å². The van der Waals surface area contributed by atoms with Crippen LogP contribution in [-0.4, -0.2) is 39.7 Å². The maximum absolute atomic E-state index is 12.2. The SMILES string of the molecule is O=C(CSc1nccn1-c1cccc(Cl)c1)N[C@@H]1CCCCNC1=O. The largest absolute Gasteiger partial charge is 0.354 e. The zero-order valence-corrected chi connectivity index (χ0v) is 15.1. The Morgan fingerprint density at radius 2 is 2.32 bits per heavy atom. The van der Waals surface area contributed by atoms with Crippen LogP contribution in [0.4, 0.5) is 0 Å². The maximum atomic E-state index is 12.2. The van der Waals surface area contributed by atoms with E-state index in [1.807, 2.05) is 29.0 Å². The van der Waals surface area contributed by atoms with Crippen LogP contribution in [0.1, 0.15) is 19.3 Å². The first-order chi connectivity index (χ1) is 12.1. The third kappa shape index (κ3) is 4.76. The minimum absolute atomic E-state index is 0.101. The highest BCUT2D eigenvalue weighted by Crippen LogP contribution is 2.22. The molecule has 1 aliphatic heterocycles. The zero-order chi connectivity index (χ0) is 17.6. The summed E-state index contributed by atoms with van der Waals surface area (Å²) in [7, 11) is 0. The molecule has 132 valence electrons. The van der Waals surface area contributed by atoms with E-state index in [1.54, 1.807) is 12.3 Å². The van der Waals surface area contributed by atoms with Gasteiger partial charge in [0.25, 0.3) is 0 Å². The fourth-order valence-electron chi connectivity index (χ4n) is 2.66. The second kappa shape index (κ2) is 8.40. The Balaban J connectivity index is 1.59. The van der Waals surface area contributed by atoms with Crippen molar-refractivity contribution in [3.63, 3.8) is 0 Å². The summed E-state index contributed by atoms with van der Waals surface area (Å²) in [4.78, 5) is 28.4. The van der Waals surface area contributed by atoms with E-state index in [1.165, 1.54) is 11.8 Å². The van der Waals surface area contributed by atoms with Crippen LogP contribution in [0.2, 0.25) is 5.02 Å². The predicted octanol–water partition coefficient (Wildman–Crippen LogP) is 2.40. The number of imidazole rings is 1. The van der Waals surface area contributed by atoms with Gasteiger partial charge in [-0.3, -0.25) is 14.2 Å². The van der Waals surface area contributed by atoms with Gasteiger partial charge in [-0.1, -0.05) is 29.4 Å². The zero-order valence-electron chi connectivity index (χ0n) is 13.6. The summed E-state index contributed by atoms with van der Waals surface area (Å²) in [6.45, 7) is 0.678. The van der Waals surface area contributed by atoms with Crippen molar-refractivity contribution in [2.24, 2.45) is 0 Å². The van der Waals surface area contributed by atoms with Gasteiger partial charge in [0, 0.05) is 29.6 Å². The third-order valence-corrected chi connectivity index (χ3v) is 5.10. The van der Waals surface area contributed by atoms with Crippen LogP contribution in [0.3, 0.4) is 0 Å². The Bertz CT molecular complexity index is 765. The lowest BCUT2D eigenvalue weighted by atomic mass is 10.1. The van der Waals surface area contributed by atoms with Crippen molar-refractivity contribution in [1.29, 1.82) is 0 Å². The lowest BCUT2D eigenvalue weighted by Crippen LogP contribution is -2.46. The Morgan fingerprint density at radius 3 is 3.16 bits per heavy atom. The van der Waals surface area contributed by atoms with E-state index in [2.05, 4.69) is 15.6 Å². The Morgan fingerprint density at radius 1 is 1.44 bits per heavy atom. The third-order valence-electron chi connectivity index (χ3n) is 3.90. The number of carbonyl (C=O) groups excluding carboxylic acids is 2. The van der Waals surface area contributed by atoms with Crippen molar-refractivity contribution in [3.8, 4) is 5.69 Å². The van der Waals surface area contributed by atoms with E-state index in [0.29, 0.717) is 23.1 Å². The van der Waals surface area contributed by atoms with Crippen molar-refractivity contribution < 1.29 is 9.59 Å². The second-order valence-electron chi connectivity index (χ2n) is 5.76. The molecular weight excluding hydrogens is 360 g/mol. The summed E-state index contributed by atoms with van der Waals surface area (Å²) < 4.78 is 1.88. The van der Waals surface area contributed by atoms with Gasteiger partial charge in [-0.05, 0) is 37.5 Å². The number of nitrogens with zero attached hydrogens (tertiary/aromatic N) is 2. The van der Waals surface area contributed by atoms with Crippen LogP contribution in [0.15, 0.2) is 41.8 Å². The number of amides is 2. The van der Waals surface area contributed by atoms with Crippen LogP contribution in [0, 0.1) is 0 Å². The summed E-state index contributed by atoms with van der Waals surface area (Å²) in [5.74, 6) is -0.0783. The molecule has 1 fully saturated rings. The molecule has 8 heteroatoms. The standard InChI is InChI=1S/C17H19ClN4O2S/c18-12-4-3-5-13(10-12)22-9-8-20-17(22)25-11-15(23)21-14-6-1-2-7-19-16(14)24/h3-5,8-10,14H,1-2,6-7,11H2,(H,19,24)(H,21,23)/t14-/m1/s1. The molecule has 2 N–H and O–H groups in total. The number of nitrogens with one attached hydrogen (secondary N) is 2. The van der Waals surface area contributed by atoms with Gasteiger partial charge in [-0.25, -0.2) is 4.98 Å². The van der Waals surface area contributed by atoms with Crippen molar-refractivity contribution in [2.45, 2.75) is 30.5 Å². The van der Waals surface area contributed by atoms with E-state index in [0.717, 1.165) is 18.5 Å². The number of halogens is 1. The summed E-state index contributed by atoms with van der Waals surface area (Å²) in [6, 6.07) is 6.99. The first kappa shape index (κ1) is 17.8. The van der Waals surface area contributed by atoms with Gasteiger partial charge in [0.1, 0.15) is 6.04 Å². The molecule has 2 amide bonds. The lowest BCUT2D eigenvalue weighted by molar-refractivity contribution is -0.127. The summed E-state index contributed by atoms with van der Waals surface area (Å²) in [6.07, 6.45) is 6.06. The van der Waals surface area contributed by atoms with Crippen LogP contribution >= 0.6 is 23.4 Å². The van der Waals surface area contributed by atoms with E-state index in [9.17, 15) is 9.59 Å². The van der Waals surface area contributed by atoms with E-state index in [4.69, 9.17) is 11.6 Å². The molecule has 3 rings (SSSR count). The smallest absolute Gasteiger partial charge is 0.242 e. The highest BCUT2D eigenvalue weighted by molar-refractivity contribution is 7.99. The molecule has 0 unspecified atom stereocenters. The first-order valence-corrected chi connectivity index (χ1v) is 9.49. The Labute approximate surface area is 155 Å². The first-order valence-electron chi connectivity index (χ1n) is 8.12. The van der Waals surface area contributed by atoms with Crippen molar-refractivity contribution in [3.05, 3.63) is 41.7 Å². The number of rotatable bonds is 5.